The van der Waals surface area contributed by atoms with Crippen LogP contribution in [0.2, 0.25) is 0 Å². The molecule has 2 N–H and O–H groups in total. The van der Waals surface area contributed by atoms with Crippen LogP contribution >= 0.6 is 11.3 Å². The van der Waals surface area contributed by atoms with E-state index in [0.717, 1.165) is 23.5 Å². The molecule has 140 valence electrons. The fourth-order valence-electron chi connectivity index (χ4n) is 2.53. The largest absolute Gasteiger partial charge is 0.479 e. The summed E-state index contributed by atoms with van der Waals surface area (Å²) in [6, 6.07) is 10.2. The minimum Gasteiger partial charge on any atom is -0.479 e. The first kappa shape index (κ1) is 18.8. The highest BCUT2D eigenvalue weighted by Crippen LogP contribution is 2.39. The number of carboxylic acids is 1. The number of hydrogen-bond acceptors (Lipinski definition) is 4. The molecule has 1 aromatic heterocycles. The van der Waals surface area contributed by atoms with Crippen molar-refractivity contribution in [3.05, 3.63) is 59.0 Å². The zero-order chi connectivity index (χ0) is 19.6. The van der Waals surface area contributed by atoms with Crippen LogP contribution in [0.4, 0.5) is 14.5 Å². The van der Waals surface area contributed by atoms with Crippen LogP contribution in [0.25, 0.3) is 10.1 Å². The molecule has 0 bridgehead atoms. The Morgan fingerprint density at radius 3 is 2.44 bits per heavy atom. The average Bonchev–Trinajstić information content (AvgIpc) is 3.01. The van der Waals surface area contributed by atoms with Crippen molar-refractivity contribution < 1.29 is 28.2 Å². The van der Waals surface area contributed by atoms with Crippen molar-refractivity contribution in [1.82, 2.24) is 0 Å². The Labute approximate surface area is 157 Å². The van der Waals surface area contributed by atoms with Crippen LogP contribution in [-0.2, 0) is 4.79 Å². The number of aliphatic carboxylic acids is 1. The van der Waals surface area contributed by atoms with E-state index < -0.39 is 35.3 Å². The Balaban J connectivity index is 2.04. The SMILES string of the molecule is CCC(Oc1c(C(=O)Nc2c(F)cccc2F)sc2ccccc12)C(=O)O. The van der Waals surface area contributed by atoms with Crippen molar-refractivity contribution in [2.75, 3.05) is 5.32 Å². The lowest BCUT2D eigenvalue weighted by Gasteiger charge is -2.14. The van der Waals surface area contributed by atoms with Gasteiger partial charge < -0.3 is 15.2 Å². The molecular weight excluding hydrogens is 376 g/mol. The number of hydrogen-bond donors (Lipinski definition) is 2. The summed E-state index contributed by atoms with van der Waals surface area (Å²) in [5.41, 5.74) is -0.573. The second-order valence-corrected chi connectivity index (χ2v) is 6.71. The van der Waals surface area contributed by atoms with E-state index in [0.29, 0.717) is 10.1 Å². The monoisotopic (exact) mass is 391 g/mol. The van der Waals surface area contributed by atoms with Crippen LogP contribution < -0.4 is 10.1 Å². The van der Waals surface area contributed by atoms with Crippen LogP contribution in [0.1, 0.15) is 23.0 Å². The first-order chi connectivity index (χ1) is 12.9. The molecule has 1 atom stereocenters. The third-order valence-corrected chi connectivity index (χ3v) is 5.01. The van der Waals surface area contributed by atoms with Gasteiger partial charge in [-0.2, -0.15) is 0 Å². The second kappa shape index (κ2) is 7.71. The van der Waals surface area contributed by atoms with E-state index in [1.165, 1.54) is 6.07 Å². The Hall–Kier alpha value is -3.00. The third kappa shape index (κ3) is 3.75. The maximum absolute atomic E-state index is 13.8. The van der Waals surface area contributed by atoms with E-state index in [2.05, 4.69) is 5.32 Å². The van der Waals surface area contributed by atoms with Gasteiger partial charge in [-0.05, 0) is 30.7 Å². The minimum absolute atomic E-state index is 0.0403. The van der Waals surface area contributed by atoms with Gasteiger partial charge in [0, 0.05) is 10.1 Å². The number of ether oxygens (including phenoxy) is 1. The molecule has 1 amide bonds. The third-order valence-electron chi connectivity index (χ3n) is 3.86. The van der Waals surface area contributed by atoms with Crippen molar-refractivity contribution in [2.45, 2.75) is 19.4 Å². The number of carbonyl (C=O) groups excluding carboxylic acids is 1. The summed E-state index contributed by atoms with van der Waals surface area (Å²) >= 11 is 1.05. The van der Waals surface area contributed by atoms with Crippen LogP contribution in [-0.4, -0.2) is 23.1 Å². The fourth-order valence-corrected chi connectivity index (χ4v) is 3.56. The highest BCUT2D eigenvalue weighted by atomic mass is 32.1. The van der Waals surface area contributed by atoms with E-state index in [9.17, 15) is 23.5 Å². The summed E-state index contributed by atoms with van der Waals surface area (Å²) < 4.78 is 34.0. The van der Waals surface area contributed by atoms with E-state index in [4.69, 9.17) is 4.74 Å². The van der Waals surface area contributed by atoms with E-state index in [1.54, 1.807) is 31.2 Å². The topological polar surface area (TPSA) is 75.6 Å². The molecule has 8 heteroatoms. The molecule has 5 nitrogen and oxygen atoms in total. The maximum atomic E-state index is 13.8. The van der Waals surface area contributed by atoms with Crippen molar-refractivity contribution in [3.63, 3.8) is 0 Å². The molecule has 0 spiro atoms. The second-order valence-electron chi connectivity index (χ2n) is 5.66. The Bertz CT molecular complexity index is 998. The van der Waals surface area contributed by atoms with Crippen LogP contribution in [0.3, 0.4) is 0 Å². The number of thiophene rings is 1. The molecule has 0 fully saturated rings. The smallest absolute Gasteiger partial charge is 0.344 e. The molecule has 0 aliphatic carbocycles. The quantitative estimate of drug-likeness (QED) is 0.640. The lowest BCUT2D eigenvalue weighted by atomic mass is 10.2. The van der Waals surface area contributed by atoms with Gasteiger partial charge >= 0.3 is 5.97 Å². The lowest BCUT2D eigenvalue weighted by Crippen LogP contribution is -2.26. The summed E-state index contributed by atoms with van der Waals surface area (Å²) in [7, 11) is 0. The molecule has 1 heterocycles. The predicted octanol–water partition coefficient (Wildman–Crippen LogP) is 4.67. The molecule has 0 aliphatic heterocycles. The number of carboxylic acid groups (broad SMARTS) is 1. The number of carbonyl (C=O) groups is 2. The summed E-state index contributed by atoms with van der Waals surface area (Å²) in [6.45, 7) is 1.64. The first-order valence-electron chi connectivity index (χ1n) is 8.08. The molecule has 1 unspecified atom stereocenters. The number of halogens is 2. The molecule has 0 saturated heterocycles. The number of amides is 1. The zero-order valence-electron chi connectivity index (χ0n) is 14.2. The highest BCUT2D eigenvalue weighted by molar-refractivity contribution is 7.21. The van der Waals surface area contributed by atoms with Gasteiger partial charge in [0.2, 0.25) is 0 Å². The number of benzene rings is 2. The molecule has 3 aromatic rings. The Kier molecular flexibility index (Phi) is 5.36. The van der Waals surface area contributed by atoms with Crippen LogP contribution in [0, 0.1) is 11.6 Å². The van der Waals surface area contributed by atoms with Crippen molar-refractivity contribution >= 4 is 39.0 Å². The van der Waals surface area contributed by atoms with Gasteiger partial charge in [0.15, 0.2) is 11.9 Å². The minimum atomic E-state index is -1.17. The molecule has 0 radical (unpaired) electrons. The molecule has 0 saturated carbocycles. The van der Waals surface area contributed by atoms with E-state index >= 15 is 0 Å². The van der Waals surface area contributed by atoms with Gasteiger partial charge in [0.25, 0.3) is 5.91 Å². The molecule has 27 heavy (non-hydrogen) atoms. The number of anilines is 1. The van der Waals surface area contributed by atoms with Gasteiger partial charge in [-0.3, -0.25) is 4.79 Å². The Morgan fingerprint density at radius 1 is 1.15 bits per heavy atom. The van der Waals surface area contributed by atoms with Gasteiger partial charge in [-0.15, -0.1) is 11.3 Å². The van der Waals surface area contributed by atoms with Crippen LogP contribution in [0.15, 0.2) is 42.5 Å². The number of fused-ring (bicyclic) bond motifs is 1. The van der Waals surface area contributed by atoms with Gasteiger partial charge in [0.1, 0.15) is 22.2 Å². The summed E-state index contributed by atoms with van der Waals surface area (Å²) in [5, 5.41) is 12.0. The van der Waals surface area contributed by atoms with Crippen LogP contribution in [0.5, 0.6) is 5.75 Å². The first-order valence-corrected chi connectivity index (χ1v) is 8.90. The number of nitrogens with one attached hydrogen (secondary N) is 1. The molecule has 3 rings (SSSR count). The van der Waals surface area contributed by atoms with Gasteiger partial charge in [-0.25, -0.2) is 13.6 Å². The van der Waals surface area contributed by atoms with Crippen molar-refractivity contribution in [1.29, 1.82) is 0 Å². The van der Waals surface area contributed by atoms with E-state index in [-0.39, 0.29) is 17.0 Å². The van der Waals surface area contributed by atoms with Gasteiger partial charge in [0.05, 0.1) is 0 Å². The number of rotatable bonds is 6. The maximum Gasteiger partial charge on any atom is 0.344 e. The molecular formula is C19H15F2NO4S. The molecule has 2 aromatic carbocycles. The molecule has 0 aliphatic rings. The highest BCUT2D eigenvalue weighted by Gasteiger charge is 2.26. The summed E-state index contributed by atoms with van der Waals surface area (Å²) in [5.74, 6) is -3.69. The normalized spacial score (nSPS) is 12.0. The summed E-state index contributed by atoms with van der Waals surface area (Å²) in [4.78, 5) is 24.1. The van der Waals surface area contributed by atoms with Gasteiger partial charge in [-0.1, -0.05) is 25.1 Å². The Morgan fingerprint density at radius 2 is 1.81 bits per heavy atom. The average molecular weight is 391 g/mol. The van der Waals surface area contributed by atoms with Crippen molar-refractivity contribution in [3.8, 4) is 5.75 Å². The standard InChI is InChI=1S/C19H15F2NO4S/c1-2-13(19(24)25)26-16-10-6-3-4-9-14(10)27-17(16)18(23)22-15-11(20)7-5-8-12(15)21/h3-9,13H,2H2,1H3,(H,22,23)(H,24,25). The zero-order valence-corrected chi connectivity index (χ0v) is 15.0. The summed E-state index contributed by atoms with van der Waals surface area (Å²) in [6.07, 6.45) is -0.970. The fraction of sp³-hybridized carbons (Fsp3) is 0.158. The predicted molar refractivity (Wildman–Crippen MR) is 98.5 cm³/mol. The van der Waals surface area contributed by atoms with E-state index in [1.807, 2.05) is 0 Å². The number of para-hydroxylation sites is 1. The van der Waals surface area contributed by atoms with Crippen molar-refractivity contribution in [2.24, 2.45) is 0 Å². The lowest BCUT2D eigenvalue weighted by molar-refractivity contribution is -0.145.